The molecular formula is C20H25N3O3. The predicted octanol–water partition coefficient (Wildman–Crippen LogP) is 3.37. The number of rotatable bonds is 4. The number of urea groups is 1. The minimum Gasteiger partial charge on any atom is -0.493 e. The highest BCUT2D eigenvalue weighted by molar-refractivity contribution is 5.90. The van der Waals surface area contributed by atoms with Crippen LogP contribution < -0.4 is 19.7 Å². The second-order valence-electron chi connectivity index (χ2n) is 6.26. The van der Waals surface area contributed by atoms with Crippen LogP contribution in [-0.4, -0.2) is 51.3 Å². The van der Waals surface area contributed by atoms with Gasteiger partial charge in [0.05, 0.1) is 14.2 Å². The number of amides is 2. The zero-order valence-electron chi connectivity index (χ0n) is 15.5. The van der Waals surface area contributed by atoms with Crippen molar-refractivity contribution >= 4 is 17.4 Å². The Hall–Kier alpha value is -2.89. The number of hydrogen-bond donors (Lipinski definition) is 1. The molecule has 1 fully saturated rings. The number of anilines is 2. The molecule has 2 aromatic carbocycles. The highest BCUT2D eigenvalue weighted by Gasteiger charge is 2.22. The SMILES string of the molecule is COc1ccc(NC(=O)N2CCN(c3ccccc3C)CC2)cc1OC. The van der Waals surface area contributed by atoms with Crippen LogP contribution in [0.2, 0.25) is 0 Å². The number of aryl methyl sites for hydroxylation is 1. The number of carbonyl (C=O) groups is 1. The van der Waals surface area contributed by atoms with Crippen molar-refractivity contribution in [3.63, 3.8) is 0 Å². The Balaban J connectivity index is 1.60. The largest absolute Gasteiger partial charge is 0.493 e. The monoisotopic (exact) mass is 355 g/mol. The third-order valence-corrected chi connectivity index (χ3v) is 4.66. The first-order chi connectivity index (χ1) is 12.6. The van der Waals surface area contributed by atoms with Crippen molar-refractivity contribution in [3.8, 4) is 11.5 Å². The number of benzene rings is 2. The molecule has 6 nitrogen and oxygen atoms in total. The van der Waals surface area contributed by atoms with E-state index in [0.717, 1.165) is 13.1 Å². The van der Waals surface area contributed by atoms with Gasteiger partial charge in [0.25, 0.3) is 0 Å². The molecule has 3 rings (SSSR count). The number of carbonyl (C=O) groups excluding carboxylic acids is 1. The molecule has 138 valence electrons. The summed E-state index contributed by atoms with van der Waals surface area (Å²) in [5.41, 5.74) is 3.19. The summed E-state index contributed by atoms with van der Waals surface area (Å²) in [6, 6.07) is 13.6. The molecule has 6 heteroatoms. The van der Waals surface area contributed by atoms with Crippen molar-refractivity contribution in [2.75, 3.05) is 50.6 Å². The van der Waals surface area contributed by atoms with Crippen molar-refractivity contribution in [3.05, 3.63) is 48.0 Å². The van der Waals surface area contributed by atoms with E-state index in [1.165, 1.54) is 11.3 Å². The van der Waals surface area contributed by atoms with Gasteiger partial charge in [-0.1, -0.05) is 18.2 Å². The van der Waals surface area contributed by atoms with E-state index < -0.39 is 0 Å². The molecule has 2 amide bonds. The first-order valence-corrected chi connectivity index (χ1v) is 8.71. The maximum absolute atomic E-state index is 12.6. The maximum Gasteiger partial charge on any atom is 0.321 e. The van der Waals surface area contributed by atoms with E-state index in [-0.39, 0.29) is 6.03 Å². The van der Waals surface area contributed by atoms with Gasteiger partial charge in [0.15, 0.2) is 11.5 Å². The molecule has 0 spiro atoms. The molecule has 1 N–H and O–H groups in total. The van der Waals surface area contributed by atoms with Crippen molar-refractivity contribution in [1.82, 2.24) is 4.90 Å². The Morgan fingerprint density at radius 1 is 0.962 bits per heavy atom. The van der Waals surface area contributed by atoms with Crippen LogP contribution in [0.1, 0.15) is 5.56 Å². The van der Waals surface area contributed by atoms with Gasteiger partial charge in [0.2, 0.25) is 0 Å². The van der Waals surface area contributed by atoms with E-state index in [2.05, 4.69) is 35.3 Å². The Labute approximate surface area is 154 Å². The van der Waals surface area contributed by atoms with E-state index in [4.69, 9.17) is 9.47 Å². The quantitative estimate of drug-likeness (QED) is 0.914. The summed E-state index contributed by atoms with van der Waals surface area (Å²) in [5, 5.41) is 2.94. The molecule has 1 aliphatic heterocycles. The van der Waals surface area contributed by atoms with E-state index in [9.17, 15) is 4.79 Å². The van der Waals surface area contributed by atoms with Crippen LogP contribution >= 0.6 is 0 Å². The Morgan fingerprint density at radius 2 is 1.65 bits per heavy atom. The Kier molecular flexibility index (Phi) is 5.51. The van der Waals surface area contributed by atoms with Crippen molar-refractivity contribution in [1.29, 1.82) is 0 Å². The molecule has 0 aromatic heterocycles. The van der Waals surface area contributed by atoms with Crippen LogP contribution in [-0.2, 0) is 0 Å². The average Bonchev–Trinajstić information content (AvgIpc) is 2.68. The van der Waals surface area contributed by atoms with Crippen LogP contribution in [0.3, 0.4) is 0 Å². The minimum atomic E-state index is -0.0957. The lowest BCUT2D eigenvalue weighted by Gasteiger charge is -2.36. The number of hydrogen-bond acceptors (Lipinski definition) is 4. The van der Waals surface area contributed by atoms with E-state index in [1.54, 1.807) is 26.4 Å². The van der Waals surface area contributed by atoms with Crippen molar-refractivity contribution in [2.24, 2.45) is 0 Å². The second-order valence-corrected chi connectivity index (χ2v) is 6.26. The summed E-state index contributed by atoms with van der Waals surface area (Å²) >= 11 is 0. The average molecular weight is 355 g/mol. The van der Waals surface area contributed by atoms with Gasteiger partial charge in [-0.05, 0) is 30.7 Å². The molecule has 1 saturated heterocycles. The zero-order chi connectivity index (χ0) is 18.5. The van der Waals surface area contributed by atoms with Crippen LogP contribution in [0.4, 0.5) is 16.2 Å². The van der Waals surface area contributed by atoms with Crippen LogP contribution in [0, 0.1) is 6.92 Å². The lowest BCUT2D eigenvalue weighted by atomic mass is 10.1. The number of nitrogens with one attached hydrogen (secondary N) is 1. The third kappa shape index (κ3) is 3.85. The highest BCUT2D eigenvalue weighted by atomic mass is 16.5. The smallest absolute Gasteiger partial charge is 0.321 e. The van der Waals surface area contributed by atoms with Crippen LogP contribution in [0.5, 0.6) is 11.5 Å². The molecule has 0 radical (unpaired) electrons. The van der Waals surface area contributed by atoms with E-state index in [0.29, 0.717) is 30.3 Å². The third-order valence-electron chi connectivity index (χ3n) is 4.66. The molecule has 26 heavy (non-hydrogen) atoms. The molecule has 0 unspecified atom stereocenters. The Morgan fingerprint density at radius 3 is 2.31 bits per heavy atom. The summed E-state index contributed by atoms with van der Waals surface area (Å²) in [6.45, 7) is 5.14. The van der Waals surface area contributed by atoms with Gasteiger partial charge in [0, 0.05) is 43.6 Å². The van der Waals surface area contributed by atoms with Gasteiger partial charge in [-0.25, -0.2) is 4.79 Å². The molecule has 0 bridgehead atoms. The van der Waals surface area contributed by atoms with Crippen molar-refractivity contribution in [2.45, 2.75) is 6.92 Å². The number of ether oxygens (including phenoxy) is 2. The first-order valence-electron chi connectivity index (χ1n) is 8.71. The fourth-order valence-corrected chi connectivity index (χ4v) is 3.19. The standard InChI is InChI=1S/C20H25N3O3/c1-15-6-4-5-7-17(15)22-10-12-23(13-11-22)20(24)21-16-8-9-18(25-2)19(14-16)26-3/h4-9,14H,10-13H2,1-3H3,(H,21,24). The van der Waals surface area contributed by atoms with E-state index in [1.807, 2.05) is 17.0 Å². The fourth-order valence-electron chi connectivity index (χ4n) is 3.19. The summed E-state index contributed by atoms with van der Waals surface area (Å²) in [6.07, 6.45) is 0. The molecular weight excluding hydrogens is 330 g/mol. The van der Waals surface area contributed by atoms with Gasteiger partial charge >= 0.3 is 6.03 Å². The molecule has 0 atom stereocenters. The normalized spacial score (nSPS) is 14.1. The number of methoxy groups -OCH3 is 2. The summed E-state index contributed by atoms with van der Waals surface area (Å²) < 4.78 is 10.5. The first kappa shape index (κ1) is 17.9. The molecule has 1 aliphatic rings. The summed E-state index contributed by atoms with van der Waals surface area (Å²) in [4.78, 5) is 16.7. The van der Waals surface area contributed by atoms with E-state index >= 15 is 0 Å². The highest BCUT2D eigenvalue weighted by Crippen LogP contribution is 2.30. The van der Waals surface area contributed by atoms with Gasteiger partial charge in [-0.3, -0.25) is 0 Å². The zero-order valence-corrected chi connectivity index (χ0v) is 15.5. The predicted molar refractivity (Wildman–Crippen MR) is 104 cm³/mol. The number of para-hydroxylation sites is 1. The molecule has 0 aliphatic carbocycles. The maximum atomic E-state index is 12.6. The Bertz CT molecular complexity index is 771. The van der Waals surface area contributed by atoms with Gasteiger partial charge in [-0.2, -0.15) is 0 Å². The molecule has 0 saturated carbocycles. The topological polar surface area (TPSA) is 54.0 Å². The van der Waals surface area contributed by atoms with Crippen molar-refractivity contribution < 1.29 is 14.3 Å². The molecule has 2 aromatic rings. The van der Waals surface area contributed by atoms with Crippen LogP contribution in [0.25, 0.3) is 0 Å². The second kappa shape index (κ2) is 7.99. The minimum absolute atomic E-state index is 0.0957. The van der Waals surface area contributed by atoms with Gasteiger partial charge in [0.1, 0.15) is 0 Å². The summed E-state index contributed by atoms with van der Waals surface area (Å²) in [5.74, 6) is 1.23. The van der Waals surface area contributed by atoms with Crippen LogP contribution in [0.15, 0.2) is 42.5 Å². The van der Waals surface area contributed by atoms with Gasteiger partial charge in [-0.15, -0.1) is 0 Å². The fraction of sp³-hybridized carbons (Fsp3) is 0.350. The number of nitrogens with zero attached hydrogens (tertiary/aromatic N) is 2. The number of piperazine rings is 1. The lowest BCUT2D eigenvalue weighted by molar-refractivity contribution is 0.208. The van der Waals surface area contributed by atoms with Gasteiger partial charge < -0.3 is 24.6 Å². The lowest BCUT2D eigenvalue weighted by Crippen LogP contribution is -2.50. The summed E-state index contributed by atoms with van der Waals surface area (Å²) in [7, 11) is 3.16. The molecule has 1 heterocycles.